The van der Waals surface area contributed by atoms with Crippen LogP contribution in [0.1, 0.15) is 31.2 Å². The molecule has 1 aliphatic rings. The van der Waals surface area contributed by atoms with Crippen molar-refractivity contribution in [2.24, 2.45) is 0 Å². The van der Waals surface area contributed by atoms with Crippen molar-refractivity contribution in [3.63, 3.8) is 0 Å². The molecular weight excluding hydrogens is 240 g/mol. The normalized spacial score (nSPS) is 19.1. The molecule has 19 heavy (non-hydrogen) atoms. The molecule has 1 aromatic rings. The SMILES string of the molecule is O=C(Cc1ccccc1O)NCCC1CCCCN1. The number of amides is 1. The molecule has 1 unspecified atom stereocenters. The third-order valence-electron chi connectivity index (χ3n) is 3.57. The zero-order valence-electron chi connectivity index (χ0n) is 11.2. The summed E-state index contributed by atoms with van der Waals surface area (Å²) < 4.78 is 0. The van der Waals surface area contributed by atoms with E-state index in [0.29, 0.717) is 18.2 Å². The van der Waals surface area contributed by atoms with Crippen molar-refractivity contribution in [1.29, 1.82) is 0 Å². The molecule has 4 nitrogen and oxygen atoms in total. The fourth-order valence-electron chi connectivity index (χ4n) is 2.45. The number of phenols is 1. The summed E-state index contributed by atoms with van der Waals surface area (Å²) in [6.07, 6.45) is 4.96. The van der Waals surface area contributed by atoms with Gasteiger partial charge in [-0.1, -0.05) is 24.6 Å². The number of benzene rings is 1. The van der Waals surface area contributed by atoms with Crippen LogP contribution in [0.2, 0.25) is 0 Å². The van der Waals surface area contributed by atoms with Gasteiger partial charge in [-0.15, -0.1) is 0 Å². The number of para-hydroxylation sites is 1. The number of nitrogens with one attached hydrogen (secondary N) is 2. The van der Waals surface area contributed by atoms with Crippen LogP contribution in [-0.2, 0) is 11.2 Å². The Morgan fingerprint density at radius 3 is 2.95 bits per heavy atom. The first-order valence-electron chi connectivity index (χ1n) is 7.02. The highest BCUT2D eigenvalue weighted by Gasteiger charge is 2.12. The lowest BCUT2D eigenvalue weighted by molar-refractivity contribution is -0.120. The predicted octanol–water partition coefficient (Wildman–Crippen LogP) is 1.58. The lowest BCUT2D eigenvalue weighted by Crippen LogP contribution is -2.37. The molecule has 1 saturated heterocycles. The van der Waals surface area contributed by atoms with Gasteiger partial charge in [-0.05, 0) is 31.9 Å². The Kier molecular flexibility index (Phi) is 5.21. The molecule has 1 heterocycles. The monoisotopic (exact) mass is 262 g/mol. The van der Waals surface area contributed by atoms with Crippen LogP contribution in [0.3, 0.4) is 0 Å². The lowest BCUT2D eigenvalue weighted by Gasteiger charge is -2.23. The Hall–Kier alpha value is -1.55. The number of piperidine rings is 1. The van der Waals surface area contributed by atoms with Crippen LogP contribution in [0.25, 0.3) is 0 Å². The molecule has 0 radical (unpaired) electrons. The number of rotatable bonds is 5. The van der Waals surface area contributed by atoms with Gasteiger partial charge < -0.3 is 15.7 Å². The average molecular weight is 262 g/mol. The summed E-state index contributed by atoms with van der Waals surface area (Å²) in [5.41, 5.74) is 0.677. The fraction of sp³-hybridized carbons (Fsp3) is 0.533. The molecule has 0 aromatic heterocycles. The molecule has 104 valence electrons. The van der Waals surface area contributed by atoms with Gasteiger partial charge in [0.2, 0.25) is 5.91 Å². The second-order valence-corrected chi connectivity index (χ2v) is 5.09. The van der Waals surface area contributed by atoms with E-state index in [1.54, 1.807) is 18.2 Å². The van der Waals surface area contributed by atoms with Crippen molar-refractivity contribution >= 4 is 5.91 Å². The molecular formula is C15H22N2O2. The van der Waals surface area contributed by atoms with Gasteiger partial charge in [0.1, 0.15) is 5.75 Å². The van der Waals surface area contributed by atoms with Crippen LogP contribution in [0.5, 0.6) is 5.75 Å². The second-order valence-electron chi connectivity index (χ2n) is 5.09. The van der Waals surface area contributed by atoms with E-state index in [-0.39, 0.29) is 18.1 Å². The number of carbonyl (C=O) groups excluding carboxylic acids is 1. The van der Waals surface area contributed by atoms with Crippen molar-refractivity contribution in [3.8, 4) is 5.75 Å². The van der Waals surface area contributed by atoms with E-state index >= 15 is 0 Å². The molecule has 1 amide bonds. The van der Waals surface area contributed by atoms with Gasteiger partial charge in [0, 0.05) is 18.2 Å². The third-order valence-corrected chi connectivity index (χ3v) is 3.57. The first-order valence-corrected chi connectivity index (χ1v) is 7.02. The van der Waals surface area contributed by atoms with Gasteiger partial charge >= 0.3 is 0 Å². The summed E-state index contributed by atoms with van der Waals surface area (Å²) in [6.45, 7) is 1.79. The van der Waals surface area contributed by atoms with Crippen molar-refractivity contribution in [2.45, 2.75) is 38.1 Å². The van der Waals surface area contributed by atoms with E-state index in [9.17, 15) is 9.90 Å². The van der Waals surface area contributed by atoms with E-state index in [4.69, 9.17) is 0 Å². The smallest absolute Gasteiger partial charge is 0.224 e. The lowest BCUT2D eigenvalue weighted by atomic mass is 10.0. The Balaban J connectivity index is 1.68. The van der Waals surface area contributed by atoms with Crippen molar-refractivity contribution in [3.05, 3.63) is 29.8 Å². The van der Waals surface area contributed by atoms with Crippen molar-refractivity contribution in [1.82, 2.24) is 10.6 Å². The van der Waals surface area contributed by atoms with Crippen LogP contribution in [0.4, 0.5) is 0 Å². The maximum atomic E-state index is 11.8. The summed E-state index contributed by atoms with van der Waals surface area (Å²) in [7, 11) is 0. The van der Waals surface area contributed by atoms with Crippen LogP contribution in [0, 0.1) is 0 Å². The van der Waals surface area contributed by atoms with Gasteiger partial charge in [0.25, 0.3) is 0 Å². The largest absolute Gasteiger partial charge is 0.508 e. The maximum absolute atomic E-state index is 11.8. The van der Waals surface area contributed by atoms with Crippen LogP contribution in [0.15, 0.2) is 24.3 Å². The molecule has 2 rings (SSSR count). The van der Waals surface area contributed by atoms with Gasteiger partial charge in [-0.3, -0.25) is 4.79 Å². The third kappa shape index (κ3) is 4.56. The minimum Gasteiger partial charge on any atom is -0.508 e. The number of aromatic hydroxyl groups is 1. The summed E-state index contributed by atoms with van der Waals surface area (Å²) in [5, 5.41) is 16.0. The Bertz CT molecular complexity index is 414. The summed E-state index contributed by atoms with van der Waals surface area (Å²) in [6, 6.07) is 7.51. The highest BCUT2D eigenvalue weighted by Crippen LogP contribution is 2.15. The van der Waals surface area contributed by atoms with Crippen LogP contribution in [-0.4, -0.2) is 30.1 Å². The molecule has 0 saturated carbocycles. The van der Waals surface area contributed by atoms with E-state index in [1.165, 1.54) is 19.3 Å². The molecule has 0 aliphatic carbocycles. The molecule has 3 N–H and O–H groups in total. The Morgan fingerprint density at radius 2 is 2.21 bits per heavy atom. The number of hydrogen-bond acceptors (Lipinski definition) is 3. The average Bonchev–Trinajstić information content (AvgIpc) is 2.43. The van der Waals surface area contributed by atoms with Gasteiger partial charge in [-0.25, -0.2) is 0 Å². The van der Waals surface area contributed by atoms with Gasteiger partial charge in [0.15, 0.2) is 0 Å². The standard InChI is InChI=1S/C15H22N2O2/c18-14-7-2-1-5-12(14)11-15(19)17-10-8-13-6-3-4-9-16-13/h1-2,5,7,13,16,18H,3-4,6,8-11H2,(H,17,19). The molecule has 1 aliphatic heterocycles. The number of carbonyl (C=O) groups is 1. The Morgan fingerprint density at radius 1 is 1.37 bits per heavy atom. The first kappa shape index (κ1) is 13.9. The second kappa shape index (κ2) is 7.14. The molecule has 1 fully saturated rings. The van der Waals surface area contributed by atoms with Crippen LogP contribution >= 0.6 is 0 Å². The number of hydrogen-bond donors (Lipinski definition) is 3. The predicted molar refractivity (Wildman–Crippen MR) is 75.1 cm³/mol. The van der Waals surface area contributed by atoms with Crippen LogP contribution < -0.4 is 10.6 Å². The maximum Gasteiger partial charge on any atom is 0.224 e. The molecule has 0 spiro atoms. The minimum atomic E-state index is -0.0303. The van der Waals surface area contributed by atoms with E-state index in [1.807, 2.05) is 6.07 Å². The molecule has 0 bridgehead atoms. The topological polar surface area (TPSA) is 61.4 Å². The fourth-order valence-corrected chi connectivity index (χ4v) is 2.45. The highest BCUT2D eigenvalue weighted by molar-refractivity contribution is 5.79. The molecule has 1 atom stereocenters. The van der Waals surface area contributed by atoms with E-state index < -0.39 is 0 Å². The summed E-state index contributed by atoms with van der Waals surface area (Å²) in [4.78, 5) is 11.8. The van der Waals surface area contributed by atoms with Gasteiger partial charge in [-0.2, -0.15) is 0 Å². The molecule has 1 aromatic carbocycles. The summed E-state index contributed by atoms with van der Waals surface area (Å²) in [5.74, 6) is 0.156. The quantitative estimate of drug-likeness (QED) is 0.755. The minimum absolute atomic E-state index is 0.0303. The zero-order chi connectivity index (χ0) is 13.5. The zero-order valence-corrected chi connectivity index (χ0v) is 11.2. The van der Waals surface area contributed by atoms with E-state index in [0.717, 1.165) is 13.0 Å². The Labute approximate surface area is 114 Å². The number of phenolic OH excluding ortho intramolecular Hbond substituents is 1. The first-order chi connectivity index (χ1) is 9.25. The summed E-state index contributed by atoms with van der Waals surface area (Å²) >= 11 is 0. The van der Waals surface area contributed by atoms with Crippen molar-refractivity contribution in [2.75, 3.05) is 13.1 Å². The highest BCUT2D eigenvalue weighted by atomic mass is 16.3. The molecule has 4 heteroatoms. The van der Waals surface area contributed by atoms with E-state index in [2.05, 4.69) is 10.6 Å². The van der Waals surface area contributed by atoms with Gasteiger partial charge in [0.05, 0.1) is 6.42 Å². The van der Waals surface area contributed by atoms with Crippen molar-refractivity contribution < 1.29 is 9.90 Å².